The molecule has 2 aromatic rings. The Morgan fingerprint density at radius 3 is 2.74 bits per heavy atom. The molecule has 0 unspecified atom stereocenters. The van der Waals surface area contributed by atoms with Gasteiger partial charge in [0.1, 0.15) is 0 Å². The summed E-state index contributed by atoms with van der Waals surface area (Å²) in [7, 11) is 1.67. The Morgan fingerprint density at radius 2 is 2.09 bits per heavy atom. The number of aromatic nitrogens is 2. The number of anilines is 1. The van der Waals surface area contributed by atoms with Gasteiger partial charge in [0.25, 0.3) is 5.91 Å². The van der Waals surface area contributed by atoms with Crippen LogP contribution in [0.15, 0.2) is 22.6 Å². The van der Waals surface area contributed by atoms with Crippen LogP contribution in [0.1, 0.15) is 41.6 Å². The van der Waals surface area contributed by atoms with E-state index in [2.05, 4.69) is 15.5 Å². The fourth-order valence-corrected chi connectivity index (χ4v) is 2.60. The van der Waals surface area contributed by atoms with Crippen LogP contribution in [0.2, 0.25) is 0 Å². The van der Waals surface area contributed by atoms with E-state index >= 15 is 0 Å². The molecule has 1 aromatic heterocycles. The van der Waals surface area contributed by atoms with E-state index in [0.717, 1.165) is 11.3 Å². The lowest BCUT2D eigenvalue weighted by atomic mass is 9.85. The second kappa shape index (κ2) is 5.19. The summed E-state index contributed by atoms with van der Waals surface area (Å²) in [6.45, 7) is 5.61. The minimum Gasteiger partial charge on any atom is -0.424 e. The van der Waals surface area contributed by atoms with Crippen molar-refractivity contribution in [3.63, 3.8) is 0 Å². The van der Waals surface area contributed by atoms with Crippen molar-refractivity contribution < 1.29 is 14.0 Å². The minimum absolute atomic E-state index is 0.0632. The molecule has 1 N–H and O–H groups in total. The van der Waals surface area contributed by atoms with Crippen LogP contribution in [0.3, 0.4) is 0 Å². The van der Waals surface area contributed by atoms with Crippen LogP contribution in [-0.4, -0.2) is 34.0 Å². The van der Waals surface area contributed by atoms with Gasteiger partial charge in [-0.3, -0.25) is 9.59 Å². The molecule has 0 aliphatic carbocycles. The minimum atomic E-state index is -0.645. The highest BCUT2D eigenvalue weighted by molar-refractivity contribution is 6.07. The number of amides is 2. The number of hydrogen-bond acceptors (Lipinski definition) is 5. The normalized spacial score (nSPS) is 15.2. The molecule has 0 atom stereocenters. The number of benzene rings is 1. The summed E-state index contributed by atoms with van der Waals surface area (Å²) >= 11 is 0. The number of carbonyl (C=O) groups is 2. The predicted molar refractivity (Wildman–Crippen MR) is 82.9 cm³/mol. The lowest BCUT2D eigenvalue weighted by Gasteiger charge is -2.18. The lowest BCUT2D eigenvalue weighted by Crippen LogP contribution is -2.28. The smallest absolute Gasteiger partial charge is 0.254 e. The first-order valence-corrected chi connectivity index (χ1v) is 7.29. The number of carbonyl (C=O) groups excluding carboxylic acids is 2. The van der Waals surface area contributed by atoms with Gasteiger partial charge < -0.3 is 14.6 Å². The average molecular weight is 314 g/mol. The van der Waals surface area contributed by atoms with Crippen molar-refractivity contribution in [3.8, 4) is 0 Å². The number of fused-ring (bicyclic) bond motifs is 1. The summed E-state index contributed by atoms with van der Waals surface area (Å²) in [6, 6.07) is 5.24. The third-order valence-electron chi connectivity index (χ3n) is 4.04. The van der Waals surface area contributed by atoms with Gasteiger partial charge >= 0.3 is 0 Å². The number of nitrogens with zero attached hydrogens (tertiary/aromatic N) is 3. The van der Waals surface area contributed by atoms with Gasteiger partial charge in [-0.2, -0.15) is 0 Å². The van der Waals surface area contributed by atoms with E-state index in [9.17, 15) is 9.59 Å². The molecule has 120 valence electrons. The Kier molecular flexibility index (Phi) is 3.43. The van der Waals surface area contributed by atoms with Gasteiger partial charge in [0.2, 0.25) is 17.7 Å². The van der Waals surface area contributed by atoms with Gasteiger partial charge in [-0.15, -0.1) is 10.2 Å². The van der Waals surface area contributed by atoms with Crippen molar-refractivity contribution in [2.75, 3.05) is 12.4 Å². The van der Waals surface area contributed by atoms with E-state index in [-0.39, 0.29) is 18.4 Å². The predicted octanol–water partition coefficient (Wildman–Crippen LogP) is 1.88. The lowest BCUT2D eigenvalue weighted by molar-refractivity contribution is -0.119. The first kappa shape index (κ1) is 15.2. The van der Waals surface area contributed by atoms with Crippen molar-refractivity contribution in [1.29, 1.82) is 0 Å². The van der Waals surface area contributed by atoms with Crippen molar-refractivity contribution in [2.24, 2.45) is 0 Å². The summed E-state index contributed by atoms with van der Waals surface area (Å²) in [4.78, 5) is 26.1. The number of rotatable bonds is 3. The fraction of sp³-hybridized carbons (Fsp3) is 0.375. The van der Waals surface area contributed by atoms with Crippen molar-refractivity contribution in [1.82, 2.24) is 15.1 Å². The van der Waals surface area contributed by atoms with Crippen LogP contribution in [0.25, 0.3) is 0 Å². The molecule has 0 spiro atoms. The average Bonchev–Trinajstić information content (AvgIpc) is 3.00. The van der Waals surface area contributed by atoms with E-state index in [4.69, 9.17) is 4.42 Å². The molecule has 0 radical (unpaired) electrons. The van der Waals surface area contributed by atoms with Crippen LogP contribution >= 0.6 is 0 Å². The molecule has 7 heteroatoms. The highest BCUT2D eigenvalue weighted by Crippen LogP contribution is 2.37. The number of hydrogen-bond donors (Lipinski definition) is 1. The Hall–Kier alpha value is -2.70. The van der Waals surface area contributed by atoms with Gasteiger partial charge in [-0.05, 0) is 37.6 Å². The quantitative estimate of drug-likeness (QED) is 0.934. The third kappa shape index (κ3) is 2.58. The molecule has 0 saturated heterocycles. The molecule has 23 heavy (non-hydrogen) atoms. The molecule has 1 aromatic carbocycles. The molecule has 0 fully saturated rings. The Labute approximate surface area is 133 Å². The van der Waals surface area contributed by atoms with Crippen LogP contribution in [-0.2, 0) is 16.8 Å². The van der Waals surface area contributed by atoms with Gasteiger partial charge in [-0.1, -0.05) is 0 Å². The summed E-state index contributed by atoms with van der Waals surface area (Å²) in [5, 5.41) is 10.5. The van der Waals surface area contributed by atoms with Gasteiger partial charge in [-0.25, -0.2) is 0 Å². The topological polar surface area (TPSA) is 88.3 Å². The second-order valence-electron chi connectivity index (χ2n) is 6.22. The highest BCUT2D eigenvalue weighted by Gasteiger charge is 2.38. The number of aryl methyl sites for hydroxylation is 1. The van der Waals surface area contributed by atoms with E-state index in [0.29, 0.717) is 17.3 Å². The Balaban J connectivity index is 1.83. The van der Waals surface area contributed by atoms with Crippen LogP contribution in [0.4, 0.5) is 5.69 Å². The Morgan fingerprint density at radius 1 is 1.35 bits per heavy atom. The first-order valence-electron chi connectivity index (χ1n) is 7.29. The zero-order valence-corrected chi connectivity index (χ0v) is 13.5. The maximum absolute atomic E-state index is 12.6. The van der Waals surface area contributed by atoms with Crippen molar-refractivity contribution in [3.05, 3.63) is 41.1 Å². The molecule has 3 rings (SSSR count). The molecule has 7 nitrogen and oxygen atoms in total. The Bertz CT molecular complexity index is 794. The highest BCUT2D eigenvalue weighted by atomic mass is 16.4. The first-order chi connectivity index (χ1) is 10.8. The molecule has 0 saturated carbocycles. The van der Waals surface area contributed by atoms with Gasteiger partial charge in [0, 0.05) is 25.2 Å². The van der Waals surface area contributed by atoms with Gasteiger partial charge in [0.15, 0.2) is 0 Å². The summed E-state index contributed by atoms with van der Waals surface area (Å²) in [5.41, 5.74) is 1.46. The van der Waals surface area contributed by atoms with E-state index in [1.807, 2.05) is 13.8 Å². The third-order valence-corrected chi connectivity index (χ3v) is 4.04. The van der Waals surface area contributed by atoms with Gasteiger partial charge in [0.05, 0.1) is 12.0 Å². The van der Waals surface area contributed by atoms with E-state index in [1.165, 1.54) is 4.90 Å². The zero-order chi connectivity index (χ0) is 16.8. The fourth-order valence-electron chi connectivity index (χ4n) is 2.60. The van der Waals surface area contributed by atoms with Crippen LogP contribution in [0.5, 0.6) is 0 Å². The maximum Gasteiger partial charge on any atom is 0.254 e. The molecule has 1 aliphatic heterocycles. The van der Waals surface area contributed by atoms with Crippen molar-refractivity contribution >= 4 is 17.5 Å². The standard InChI is InChI=1S/C16H18N4O3/c1-9-18-19-13(23-9)8-20(4)14(21)10-5-6-12-11(7-10)16(2,3)15(22)17-12/h5-7H,8H2,1-4H3,(H,17,22). The molecular formula is C16H18N4O3. The van der Waals surface area contributed by atoms with Crippen LogP contribution < -0.4 is 5.32 Å². The SMILES string of the molecule is Cc1nnc(CN(C)C(=O)c2ccc3c(c2)C(C)(C)C(=O)N3)o1. The zero-order valence-electron chi connectivity index (χ0n) is 13.5. The molecule has 2 heterocycles. The molecule has 0 bridgehead atoms. The molecule has 2 amide bonds. The largest absolute Gasteiger partial charge is 0.424 e. The van der Waals surface area contributed by atoms with Crippen LogP contribution in [0, 0.1) is 6.92 Å². The van der Waals surface area contributed by atoms with Crippen molar-refractivity contribution in [2.45, 2.75) is 32.7 Å². The maximum atomic E-state index is 12.6. The summed E-state index contributed by atoms with van der Waals surface area (Å²) in [6.07, 6.45) is 0. The summed E-state index contributed by atoms with van der Waals surface area (Å²) < 4.78 is 5.29. The van der Waals surface area contributed by atoms with E-state index in [1.54, 1.807) is 32.2 Å². The van der Waals surface area contributed by atoms with E-state index < -0.39 is 5.41 Å². The monoisotopic (exact) mass is 314 g/mol. The molecule has 1 aliphatic rings. The number of nitrogens with one attached hydrogen (secondary N) is 1. The second-order valence-corrected chi connectivity index (χ2v) is 6.22. The summed E-state index contributed by atoms with van der Waals surface area (Å²) in [5.74, 6) is 0.618. The molecular weight excluding hydrogens is 296 g/mol.